The number of aryl methyl sites for hydroxylation is 2. The third-order valence-corrected chi connectivity index (χ3v) is 5.22. The van der Waals surface area contributed by atoms with E-state index in [1.807, 2.05) is 19.9 Å². The Labute approximate surface area is 146 Å². The van der Waals surface area contributed by atoms with Crippen LogP contribution in [0.1, 0.15) is 16.7 Å². The van der Waals surface area contributed by atoms with Crippen molar-refractivity contribution in [2.75, 3.05) is 18.2 Å². The molecule has 5 nitrogen and oxygen atoms in total. The van der Waals surface area contributed by atoms with Gasteiger partial charge in [0, 0.05) is 5.69 Å². The van der Waals surface area contributed by atoms with Crippen molar-refractivity contribution < 1.29 is 22.3 Å². The minimum absolute atomic E-state index is 0.0358. The number of hydrogen-bond donors (Lipinski definition) is 1. The summed E-state index contributed by atoms with van der Waals surface area (Å²) < 4.78 is 42.8. The van der Waals surface area contributed by atoms with Gasteiger partial charge in [-0.25, -0.2) is 12.8 Å². The largest absolute Gasteiger partial charge is 0.494 e. The van der Waals surface area contributed by atoms with Crippen molar-refractivity contribution >= 4 is 21.4 Å². The molecule has 2 aromatic rings. The molecule has 0 heterocycles. The van der Waals surface area contributed by atoms with Gasteiger partial charge < -0.3 is 10.1 Å². The van der Waals surface area contributed by atoms with Crippen LogP contribution in [-0.4, -0.2) is 27.2 Å². The summed E-state index contributed by atoms with van der Waals surface area (Å²) in [6.45, 7) is 3.85. The zero-order valence-corrected chi connectivity index (χ0v) is 15.1. The van der Waals surface area contributed by atoms with Crippen LogP contribution >= 0.6 is 0 Å². The van der Waals surface area contributed by atoms with Gasteiger partial charge in [-0.05, 0) is 54.8 Å². The van der Waals surface area contributed by atoms with Crippen LogP contribution in [-0.2, 0) is 20.4 Å². The zero-order valence-electron chi connectivity index (χ0n) is 14.3. The van der Waals surface area contributed by atoms with Crippen molar-refractivity contribution in [3.8, 4) is 5.75 Å². The molecule has 0 aliphatic rings. The van der Waals surface area contributed by atoms with E-state index in [4.69, 9.17) is 4.74 Å². The average molecular weight is 365 g/mol. The van der Waals surface area contributed by atoms with Crippen LogP contribution in [0.3, 0.4) is 0 Å². The number of benzene rings is 2. The molecule has 0 unspecified atom stereocenters. The van der Waals surface area contributed by atoms with E-state index in [2.05, 4.69) is 5.32 Å². The SMILES string of the molecule is COc1ccc(CS(=O)(=O)CC(=O)Nc2ccc(C)c(C)c2)cc1F. The molecule has 0 aromatic heterocycles. The van der Waals surface area contributed by atoms with Gasteiger partial charge >= 0.3 is 0 Å². The van der Waals surface area contributed by atoms with E-state index in [0.717, 1.165) is 17.2 Å². The Morgan fingerprint density at radius 3 is 2.44 bits per heavy atom. The number of anilines is 1. The van der Waals surface area contributed by atoms with E-state index in [1.54, 1.807) is 12.1 Å². The third kappa shape index (κ3) is 5.29. The number of rotatable bonds is 6. The first-order valence-electron chi connectivity index (χ1n) is 7.60. The third-order valence-electron chi connectivity index (χ3n) is 3.74. The molecule has 0 aliphatic carbocycles. The second-order valence-electron chi connectivity index (χ2n) is 5.85. The molecule has 0 radical (unpaired) electrons. The topological polar surface area (TPSA) is 72.5 Å². The lowest BCUT2D eigenvalue weighted by molar-refractivity contribution is -0.113. The molecule has 25 heavy (non-hydrogen) atoms. The molecule has 0 spiro atoms. The van der Waals surface area contributed by atoms with Crippen molar-refractivity contribution in [1.29, 1.82) is 0 Å². The maximum atomic E-state index is 13.6. The van der Waals surface area contributed by atoms with Gasteiger partial charge in [0.1, 0.15) is 5.75 Å². The summed E-state index contributed by atoms with van der Waals surface area (Å²) in [6.07, 6.45) is 0. The quantitative estimate of drug-likeness (QED) is 0.854. The second-order valence-corrected chi connectivity index (χ2v) is 7.91. The Morgan fingerprint density at radius 2 is 1.84 bits per heavy atom. The summed E-state index contributed by atoms with van der Waals surface area (Å²) >= 11 is 0. The molecule has 0 saturated heterocycles. The standard InChI is InChI=1S/C18H20FNO4S/c1-12-4-6-15(8-13(12)2)20-18(21)11-25(22,23)10-14-5-7-17(24-3)16(19)9-14/h4-9H,10-11H2,1-3H3,(H,20,21). The van der Waals surface area contributed by atoms with Gasteiger partial charge in [0.05, 0.1) is 12.9 Å². The molecule has 1 amide bonds. The summed E-state index contributed by atoms with van der Waals surface area (Å²) in [6, 6.07) is 9.25. The van der Waals surface area contributed by atoms with E-state index in [0.29, 0.717) is 5.69 Å². The maximum Gasteiger partial charge on any atom is 0.239 e. The summed E-state index contributed by atoms with van der Waals surface area (Å²) in [4.78, 5) is 12.0. The van der Waals surface area contributed by atoms with Crippen molar-refractivity contribution in [3.05, 3.63) is 58.9 Å². The number of methoxy groups -OCH3 is 1. The summed E-state index contributed by atoms with van der Waals surface area (Å²) in [7, 11) is -2.40. The molecule has 1 N–H and O–H groups in total. The molecule has 7 heteroatoms. The summed E-state index contributed by atoms with van der Waals surface area (Å²) in [5, 5.41) is 2.57. The van der Waals surface area contributed by atoms with E-state index in [-0.39, 0.29) is 11.3 Å². The molecule has 0 aliphatic heterocycles. The minimum atomic E-state index is -3.73. The van der Waals surface area contributed by atoms with Gasteiger partial charge in [-0.3, -0.25) is 4.79 Å². The van der Waals surface area contributed by atoms with E-state index in [1.165, 1.54) is 19.2 Å². The minimum Gasteiger partial charge on any atom is -0.494 e. The van der Waals surface area contributed by atoms with Crippen molar-refractivity contribution in [1.82, 2.24) is 0 Å². The van der Waals surface area contributed by atoms with Crippen LogP contribution in [0.15, 0.2) is 36.4 Å². The highest BCUT2D eigenvalue weighted by atomic mass is 32.2. The first-order chi connectivity index (χ1) is 11.7. The number of carbonyl (C=O) groups is 1. The molecular weight excluding hydrogens is 345 g/mol. The number of hydrogen-bond acceptors (Lipinski definition) is 4. The van der Waals surface area contributed by atoms with E-state index in [9.17, 15) is 17.6 Å². The Bertz CT molecular complexity index is 894. The van der Waals surface area contributed by atoms with Crippen molar-refractivity contribution in [2.45, 2.75) is 19.6 Å². The Kier molecular flexibility index (Phi) is 5.79. The molecule has 2 aromatic carbocycles. The fourth-order valence-corrected chi connectivity index (χ4v) is 3.58. The lowest BCUT2D eigenvalue weighted by atomic mass is 10.1. The Balaban J connectivity index is 2.03. The average Bonchev–Trinajstić information content (AvgIpc) is 2.50. The lowest BCUT2D eigenvalue weighted by Crippen LogP contribution is -2.24. The predicted octanol–water partition coefficient (Wildman–Crippen LogP) is 3.00. The highest BCUT2D eigenvalue weighted by Gasteiger charge is 2.18. The predicted molar refractivity (Wildman–Crippen MR) is 95.0 cm³/mol. The molecular formula is C18H20FNO4S. The van der Waals surface area contributed by atoms with Crippen LogP contribution in [0.5, 0.6) is 5.75 Å². The number of ether oxygens (including phenoxy) is 1. The molecule has 2 rings (SSSR count). The number of carbonyl (C=O) groups excluding carboxylic acids is 1. The zero-order chi connectivity index (χ0) is 18.6. The van der Waals surface area contributed by atoms with Crippen LogP contribution in [0.2, 0.25) is 0 Å². The molecule has 0 atom stereocenters. The number of amides is 1. The molecule has 0 saturated carbocycles. The second kappa shape index (κ2) is 7.65. The van der Waals surface area contributed by atoms with Gasteiger partial charge in [-0.1, -0.05) is 12.1 Å². The lowest BCUT2D eigenvalue weighted by Gasteiger charge is -2.09. The highest BCUT2D eigenvalue weighted by Crippen LogP contribution is 2.19. The monoisotopic (exact) mass is 365 g/mol. The maximum absolute atomic E-state index is 13.6. The van der Waals surface area contributed by atoms with Crippen LogP contribution in [0.4, 0.5) is 10.1 Å². The van der Waals surface area contributed by atoms with Crippen LogP contribution in [0.25, 0.3) is 0 Å². The number of halogens is 1. The van der Waals surface area contributed by atoms with Crippen molar-refractivity contribution in [3.63, 3.8) is 0 Å². The first kappa shape index (κ1) is 18.9. The highest BCUT2D eigenvalue weighted by molar-refractivity contribution is 7.91. The first-order valence-corrected chi connectivity index (χ1v) is 9.42. The van der Waals surface area contributed by atoms with Crippen molar-refractivity contribution in [2.24, 2.45) is 0 Å². The number of nitrogens with one attached hydrogen (secondary N) is 1. The normalized spacial score (nSPS) is 11.2. The fraction of sp³-hybridized carbons (Fsp3) is 0.278. The van der Waals surface area contributed by atoms with Gasteiger partial charge in [-0.15, -0.1) is 0 Å². The van der Waals surface area contributed by atoms with Gasteiger partial charge in [0.15, 0.2) is 21.4 Å². The summed E-state index contributed by atoms with van der Waals surface area (Å²) in [5.74, 6) is -2.33. The number of sulfone groups is 1. The molecule has 0 bridgehead atoms. The van der Waals surface area contributed by atoms with Gasteiger partial charge in [-0.2, -0.15) is 0 Å². The Morgan fingerprint density at radius 1 is 1.12 bits per heavy atom. The summed E-state index contributed by atoms with van der Waals surface area (Å²) in [5.41, 5.74) is 2.87. The van der Waals surface area contributed by atoms with E-state index < -0.39 is 33.1 Å². The fourth-order valence-electron chi connectivity index (χ4n) is 2.32. The molecule has 0 fully saturated rings. The smallest absolute Gasteiger partial charge is 0.239 e. The van der Waals surface area contributed by atoms with Gasteiger partial charge in [0.25, 0.3) is 0 Å². The van der Waals surface area contributed by atoms with Gasteiger partial charge in [0.2, 0.25) is 5.91 Å². The van der Waals surface area contributed by atoms with Crippen LogP contribution in [0, 0.1) is 19.7 Å². The van der Waals surface area contributed by atoms with Crippen LogP contribution < -0.4 is 10.1 Å². The Hall–Kier alpha value is -2.41. The van der Waals surface area contributed by atoms with E-state index >= 15 is 0 Å². The molecule has 134 valence electrons.